The SMILES string of the molecule is CC1C=C(Nc2ccc(-c3ccc(N)cc3)cc2)C=CC1. The molecule has 1 aliphatic rings. The molecule has 0 aromatic heterocycles. The number of hydrogen-bond donors (Lipinski definition) is 2. The third-order valence-corrected chi connectivity index (χ3v) is 3.69. The van der Waals surface area contributed by atoms with Gasteiger partial charge in [0.05, 0.1) is 0 Å². The van der Waals surface area contributed by atoms with Crippen molar-refractivity contribution in [1.29, 1.82) is 0 Å². The second-order valence-electron chi connectivity index (χ2n) is 5.56. The normalized spacial score (nSPS) is 17.4. The second kappa shape index (κ2) is 5.88. The van der Waals surface area contributed by atoms with Crippen molar-refractivity contribution in [3.05, 3.63) is 72.5 Å². The van der Waals surface area contributed by atoms with Crippen LogP contribution in [0.25, 0.3) is 11.1 Å². The molecule has 0 bridgehead atoms. The Labute approximate surface area is 126 Å². The number of hydrogen-bond acceptors (Lipinski definition) is 2. The molecule has 0 aliphatic heterocycles. The van der Waals surface area contributed by atoms with Gasteiger partial charge in [-0.15, -0.1) is 0 Å². The summed E-state index contributed by atoms with van der Waals surface area (Å²) in [5.41, 5.74) is 11.2. The molecule has 0 saturated heterocycles. The number of nitrogens with two attached hydrogens (primary N) is 1. The summed E-state index contributed by atoms with van der Waals surface area (Å²) in [5.74, 6) is 0.603. The van der Waals surface area contributed by atoms with E-state index in [0.717, 1.165) is 17.8 Å². The zero-order chi connectivity index (χ0) is 14.7. The summed E-state index contributed by atoms with van der Waals surface area (Å²) in [6.07, 6.45) is 7.76. The third kappa shape index (κ3) is 3.34. The molecule has 0 amide bonds. The van der Waals surface area contributed by atoms with Crippen LogP contribution in [0, 0.1) is 5.92 Å². The molecule has 0 saturated carbocycles. The first-order valence-corrected chi connectivity index (χ1v) is 7.32. The number of benzene rings is 2. The van der Waals surface area contributed by atoms with Gasteiger partial charge in [-0.05, 0) is 53.8 Å². The van der Waals surface area contributed by atoms with E-state index in [1.165, 1.54) is 16.8 Å². The molecule has 2 aromatic rings. The minimum Gasteiger partial charge on any atom is -0.399 e. The van der Waals surface area contributed by atoms with Crippen LogP contribution in [0.2, 0.25) is 0 Å². The molecule has 2 aromatic carbocycles. The Hall–Kier alpha value is -2.48. The zero-order valence-corrected chi connectivity index (χ0v) is 12.2. The van der Waals surface area contributed by atoms with Gasteiger partial charge in [-0.2, -0.15) is 0 Å². The van der Waals surface area contributed by atoms with Crippen molar-refractivity contribution >= 4 is 11.4 Å². The highest BCUT2D eigenvalue weighted by molar-refractivity contribution is 5.68. The molecule has 2 nitrogen and oxygen atoms in total. The highest BCUT2D eigenvalue weighted by Crippen LogP contribution is 2.24. The number of nitrogens with one attached hydrogen (secondary N) is 1. The Morgan fingerprint density at radius 2 is 1.57 bits per heavy atom. The predicted molar refractivity (Wildman–Crippen MR) is 90.9 cm³/mol. The van der Waals surface area contributed by atoms with Gasteiger partial charge in [0.15, 0.2) is 0 Å². The van der Waals surface area contributed by atoms with E-state index in [1.807, 2.05) is 24.3 Å². The van der Waals surface area contributed by atoms with Crippen LogP contribution in [0.1, 0.15) is 13.3 Å². The predicted octanol–water partition coefficient (Wildman–Crippen LogP) is 4.83. The minimum atomic E-state index is 0.603. The van der Waals surface area contributed by atoms with Gasteiger partial charge >= 0.3 is 0 Å². The maximum atomic E-state index is 5.72. The van der Waals surface area contributed by atoms with Crippen LogP contribution in [-0.4, -0.2) is 0 Å². The summed E-state index contributed by atoms with van der Waals surface area (Å²) < 4.78 is 0. The molecule has 2 heteroatoms. The maximum Gasteiger partial charge on any atom is 0.0384 e. The van der Waals surface area contributed by atoms with Gasteiger partial charge in [-0.25, -0.2) is 0 Å². The van der Waals surface area contributed by atoms with Crippen LogP contribution in [-0.2, 0) is 0 Å². The van der Waals surface area contributed by atoms with Crippen molar-refractivity contribution in [3.8, 4) is 11.1 Å². The quantitative estimate of drug-likeness (QED) is 0.788. The average molecular weight is 276 g/mol. The fourth-order valence-electron chi connectivity index (χ4n) is 2.51. The van der Waals surface area contributed by atoms with E-state index in [1.54, 1.807) is 0 Å². The van der Waals surface area contributed by atoms with Crippen LogP contribution in [0.5, 0.6) is 0 Å². The van der Waals surface area contributed by atoms with Crippen LogP contribution >= 0.6 is 0 Å². The molecular weight excluding hydrogens is 256 g/mol. The topological polar surface area (TPSA) is 38.0 Å². The summed E-state index contributed by atoms with van der Waals surface area (Å²) in [6, 6.07) is 16.4. The molecule has 0 radical (unpaired) electrons. The molecule has 0 spiro atoms. The molecule has 1 atom stereocenters. The molecule has 3 N–H and O–H groups in total. The smallest absolute Gasteiger partial charge is 0.0384 e. The molecule has 1 aliphatic carbocycles. The first-order valence-electron chi connectivity index (χ1n) is 7.32. The molecule has 0 heterocycles. The first kappa shape index (κ1) is 13.5. The van der Waals surface area contributed by atoms with Gasteiger partial charge < -0.3 is 11.1 Å². The largest absolute Gasteiger partial charge is 0.399 e. The molecule has 0 fully saturated rings. The van der Waals surface area contributed by atoms with Crippen molar-refractivity contribution in [2.24, 2.45) is 5.92 Å². The lowest BCUT2D eigenvalue weighted by Crippen LogP contribution is -2.03. The fraction of sp³-hybridized carbons (Fsp3) is 0.158. The number of anilines is 2. The van der Waals surface area contributed by atoms with E-state index in [9.17, 15) is 0 Å². The Balaban J connectivity index is 1.75. The molecule has 21 heavy (non-hydrogen) atoms. The fourth-order valence-corrected chi connectivity index (χ4v) is 2.51. The highest BCUT2D eigenvalue weighted by atomic mass is 14.9. The average Bonchev–Trinajstić information content (AvgIpc) is 2.49. The molecule has 3 rings (SSSR count). The number of allylic oxidation sites excluding steroid dienone is 3. The molecular formula is C19H20N2. The molecule has 1 unspecified atom stereocenters. The Kier molecular flexibility index (Phi) is 3.78. The van der Waals surface area contributed by atoms with Crippen LogP contribution in [0.4, 0.5) is 11.4 Å². The second-order valence-corrected chi connectivity index (χ2v) is 5.56. The van der Waals surface area contributed by atoms with E-state index in [-0.39, 0.29) is 0 Å². The summed E-state index contributed by atoms with van der Waals surface area (Å²) in [7, 11) is 0. The molecule has 106 valence electrons. The Bertz CT molecular complexity index is 664. The first-order chi connectivity index (χ1) is 10.2. The summed E-state index contributed by atoms with van der Waals surface area (Å²) >= 11 is 0. The van der Waals surface area contributed by atoms with Crippen molar-refractivity contribution < 1.29 is 0 Å². The number of nitrogen functional groups attached to an aromatic ring is 1. The zero-order valence-electron chi connectivity index (χ0n) is 12.2. The Morgan fingerprint density at radius 1 is 0.952 bits per heavy atom. The number of rotatable bonds is 3. The lowest BCUT2D eigenvalue weighted by molar-refractivity contribution is 0.730. The van der Waals surface area contributed by atoms with Crippen molar-refractivity contribution in [2.45, 2.75) is 13.3 Å². The van der Waals surface area contributed by atoms with Crippen molar-refractivity contribution in [3.63, 3.8) is 0 Å². The lowest BCUT2D eigenvalue weighted by atomic mass is 10.0. The monoisotopic (exact) mass is 276 g/mol. The summed E-state index contributed by atoms with van der Waals surface area (Å²) in [5, 5.41) is 3.45. The van der Waals surface area contributed by atoms with Crippen LogP contribution < -0.4 is 11.1 Å². The van der Waals surface area contributed by atoms with Gasteiger partial charge in [0, 0.05) is 17.1 Å². The van der Waals surface area contributed by atoms with Crippen LogP contribution in [0.3, 0.4) is 0 Å². The van der Waals surface area contributed by atoms with Gasteiger partial charge in [-0.3, -0.25) is 0 Å². The Morgan fingerprint density at radius 3 is 2.19 bits per heavy atom. The van der Waals surface area contributed by atoms with E-state index in [0.29, 0.717) is 5.92 Å². The maximum absolute atomic E-state index is 5.72. The van der Waals surface area contributed by atoms with Crippen molar-refractivity contribution in [2.75, 3.05) is 11.1 Å². The van der Waals surface area contributed by atoms with E-state index < -0.39 is 0 Å². The highest BCUT2D eigenvalue weighted by Gasteiger charge is 2.04. The van der Waals surface area contributed by atoms with Gasteiger partial charge in [0.1, 0.15) is 0 Å². The van der Waals surface area contributed by atoms with Gasteiger partial charge in [0.2, 0.25) is 0 Å². The van der Waals surface area contributed by atoms with Gasteiger partial charge in [-0.1, -0.05) is 43.3 Å². The van der Waals surface area contributed by atoms with Gasteiger partial charge in [0.25, 0.3) is 0 Å². The van der Waals surface area contributed by atoms with E-state index in [4.69, 9.17) is 5.73 Å². The summed E-state index contributed by atoms with van der Waals surface area (Å²) in [6.45, 7) is 2.23. The van der Waals surface area contributed by atoms with Crippen LogP contribution in [0.15, 0.2) is 72.5 Å². The van der Waals surface area contributed by atoms with Crippen molar-refractivity contribution in [1.82, 2.24) is 0 Å². The lowest BCUT2D eigenvalue weighted by Gasteiger charge is -2.14. The third-order valence-electron chi connectivity index (χ3n) is 3.69. The summed E-state index contributed by atoms with van der Waals surface area (Å²) in [4.78, 5) is 0. The van der Waals surface area contributed by atoms with E-state index in [2.05, 4.69) is 54.7 Å². The standard InChI is InChI=1S/C19H20N2/c1-14-3-2-4-19(13-14)21-18-11-7-16(8-12-18)15-5-9-17(20)10-6-15/h2,4-14,21H,3,20H2,1H3. The minimum absolute atomic E-state index is 0.603. The van der Waals surface area contributed by atoms with E-state index >= 15 is 0 Å².